The Morgan fingerprint density at radius 1 is 0.885 bits per heavy atom. The zero-order chi connectivity index (χ0) is 18.2. The highest BCUT2D eigenvalue weighted by molar-refractivity contribution is 5.84. The number of carbonyl (C=O) groups is 1. The molecule has 0 aliphatic heterocycles. The molecule has 130 valence electrons. The van der Waals surface area contributed by atoms with Crippen LogP contribution >= 0.6 is 0 Å². The molecule has 3 aromatic rings. The van der Waals surface area contributed by atoms with Crippen LogP contribution in [0.15, 0.2) is 90.0 Å². The van der Waals surface area contributed by atoms with E-state index in [9.17, 15) is 4.79 Å². The first-order chi connectivity index (χ1) is 12.7. The lowest BCUT2D eigenvalue weighted by Crippen LogP contribution is -2.33. The van der Waals surface area contributed by atoms with E-state index in [4.69, 9.17) is 4.74 Å². The van der Waals surface area contributed by atoms with E-state index < -0.39 is 6.10 Å². The lowest BCUT2D eigenvalue weighted by molar-refractivity contribution is -0.127. The summed E-state index contributed by atoms with van der Waals surface area (Å²) in [6, 6.07) is 27.3. The third kappa shape index (κ3) is 4.80. The van der Waals surface area contributed by atoms with Gasteiger partial charge >= 0.3 is 0 Å². The summed E-state index contributed by atoms with van der Waals surface area (Å²) in [7, 11) is 0. The minimum absolute atomic E-state index is 0.302. The Labute approximate surface area is 153 Å². The van der Waals surface area contributed by atoms with Gasteiger partial charge in [-0.3, -0.25) is 4.79 Å². The van der Waals surface area contributed by atoms with Gasteiger partial charge in [-0.1, -0.05) is 72.8 Å². The molecule has 0 aliphatic rings. The molecule has 0 fully saturated rings. The average molecular weight is 344 g/mol. The molecule has 0 bridgehead atoms. The second-order valence-electron chi connectivity index (χ2n) is 5.80. The maximum Gasteiger partial charge on any atom is 0.280 e. The van der Waals surface area contributed by atoms with E-state index in [0.717, 1.165) is 16.7 Å². The fourth-order valence-corrected chi connectivity index (χ4v) is 2.41. The number of benzene rings is 3. The molecule has 26 heavy (non-hydrogen) atoms. The maximum absolute atomic E-state index is 12.1. The quantitative estimate of drug-likeness (QED) is 0.536. The number of carbonyl (C=O) groups excluding carboxylic acids is 1. The molecule has 4 heteroatoms. The molecule has 0 spiro atoms. The van der Waals surface area contributed by atoms with Gasteiger partial charge in [0.05, 0.1) is 6.21 Å². The largest absolute Gasteiger partial charge is 0.481 e. The van der Waals surface area contributed by atoms with Crippen LogP contribution in [-0.2, 0) is 4.79 Å². The van der Waals surface area contributed by atoms with E-state index in [0.29, 0.717) is 5.75 Å². The smallest absolute Gasteiger partial charge is 0.280 e. The van der Waals surface area contributed by atoms with Gasteiger partial charge in [-0.05, 0) is 35.7 Å². The van der Waals surface area contributed by atoms with Gasteiger partial charge in [0.15, 0.2) is 6.10 Å². The first-order valence-electron chi connectivity index (χ1n) is 8.42. The second kappa shape index (κ2) is 8.62. The zero-order valence-corrected chi connectivity index (χ0v) is 14.5. The van der Waals surface area contributed by atoms with Gasteiger partial charge in [-0.15, -0.1) is 0 Å². The van der Waals surface area contributed by atoms with Crippen molar-refractivity contribution in [2.45, 2.75) is 13.0 Å². The Hall–Kier alpha value is -3.40. The molecule has 0 aliphatic carbocycles. The van der Waals surface area contributed by atoms with Crippen LogP contribution in [0.1, 0.15) is 12.5 Å². The summed E-state index contributed by atoms with van der Waals surface area (Å²) in [5.41, 5.74) is 5.65. The van der Waals surface area contributed by atoms with E-state index in [2.05, 4.69) is 22.7 Å². The fourth-order valence-electron chi connectivity index (χ4n) is 2.41. The molecule has 0 unspecified atom stereocenters. The minimum atomic E-state index is -0.648. The van der Waals surface area contributed by atoms with Crippen LogP contribution in [0.25, 0.3) is 11.1 Å². The van der Waals surface area contributed by atoms with Gasteiger partial charge in [0.25, 0.3) is 5.91 Å². The van der Waals surface area contributed by atoms with Crippen molar-refractivity contribution in [3.63, 3.8) is 0 Å². The van der Waals surface area contributed by atoms with Crippen LogP contribution in [0, 0.1) is 0 Å². The molecule has 1 amide bonds. The van der Waals surface area contributed by atoms with Crippen LogP contribution in [-0.4, -0.2) is 18.2 Å². The van der Waals surface area contributed by atoms with Crippen molar-refractivity contribution in [3.05, 3.63) is 90.5 Å². The van der Waals surface area contributed by atoms with Gasteiger partial charge in [-0.25, -0.2) is 5.43 Å². The van der Waals surface area contributed by atoms with Crippen molar-refractivity contribution >= 4 is 12.1 Å². The van der Waals surface area contributed by atoms with Gasteiger partial charge in [0, 0.05) is 0 Å². The molecular weight excluding hydrogens is 324 g/mol. The third-order valence-electron chi connectivity index (χ3n) is 3.83. The van der Waals surface area contributed by atoms with Crippen LogP contribution in [0.4, 0.5) is 0 Å². The summed E-state index contributed by atoms with van der Waals surface area (Å²) in [6.07, 6.45) is 0.949. The molecule has 0 aromatic heterocycles. The minimum Gasteiger partial charge on any atom is -0.481 e. The average Bonchev–Trinajstić information content (AvgIpc) is 2.70. The van der Waals surface area contributed by atoms with Crippen LogP contribution in [0.2, 0.25) is 0 Å². The highest BCUT2D eigenvalue weighted by Crippen LogP contribution is 2.22. The number of amides is 1. The molecule has 3 aromatic carbocycles. The molecule has 1 N–H and O–H groups in total. The molecule has 4 nitrogen and oxygen atoms in total. The number of hydrogen-bond acceptors (Lipinski definition) is 3. The van der Waals surface area contributed by atoms with E-state index >= 15 is 0 Å². The van der Waals surface area contributed by atoms with Crippen molar-refractivity contribution in [1.29, 1.82) is 0 Å². The van der Waals surface area contributed by atoms with Crippen molar-refractivity contribution < 1.29 is 9.53 Å². The van der Waals surface area contributed by atoms with Gasteiger partial charge in [0.1, 0.15) is 5.75 Å². The van der Waals surface area contributed by atoms with Crippen molar-refractivity contribution in [2.24, 2.45) is 5.10 Å². The molecule has 0 saturated heterocycles. The molecule has 0 radical (unpaired) electrons. The Kier molecular flexibility index (Phi) is 5.78. The highest BCUT2D eigenvalue weighted by Gasteiger charge is 2.13. The lowest BCUT2D eigenvalue weighted by atomic mass is 10.1. The molecule has 0 heterocycles. The predicted octanol–water partition coefficient (Wildman–Crippen LogP) is 4.27. The summed E-state index contributed by atoms with van der Waals surface area (Å²) in [5, 5.41) is 3.95. The number of nitrogens with zero attached hydrogens (tertiary/aromatic N) is 1. The first-order valence-corrected chi connectivity index (χ1v) is 8.42. The highest BCUT2D eigenvalue weighted by atomic mass is 16.5. The monoisotopic (exact) mass is 344 g/mol. The summed E-state index contributed by atoms with van der Waals surface area (Å²) < 4.78 is 5.68. The first kappa shape index (κ1) is 17.4. The van der Waals surface area contributed by atoms with Crippen molar-refractivity contribution in [1.82, 2.24) is 5.43 Å². The number of rotatable bonds is 6. The second-order valence-corrected chi connectivity index (χ2v) is 5.80. The van der Waals surface area contributed by atoms with Gasteiger partial charge < -0.3 is 4.74 Å². The lowest BCUT2D eigenvalue weighted by Gasteiger charge is -2.13. The summed E-state index contributed by atoms with van der Waals surface area (Å²) >= 11 is 0. The predicted molar refractivity (Wildman–Crippen MR) is 104 cm³/mol. The Bertz CT molecular complexity index is 860. The molecule has 0 saturated carbocycles. The van der Waals surface area contributed by atoms with Gasteiger partial charge in [0.2, 0.25) is 0 Å². The van der Waals surface area contributed by atoms with Crippen molar-refractivity contribution in [3.8, 4) is 16.9 Å². The van der Waals surface area contributed by atoms with Crippen LogP contribution in [0.3, 0.4) is 0 Å². The normalized spacial score (nSPS) is 11.9. The topological polar surface area (TPSA) is 50.7 Å². The maximum atomic E-state index is 12.1. The zero-order valence-electron chi connectivity index (χ0n) is 14.5. The number of hydrazone groups is 1. The third-order valence-corrected chi connectivity index (χ3v) is 3.83. The Morgan fingerprint density at radius 3 is 2.12 bits per heavy atom. The van der Waals surface area contributed by atoms with E-state index in [-0.39, 0.29) is 5.91 Å². The van der Waals surface area contributed by atoms with Crippen molar-refractivity contribution in [2.75, 3.05) is 0 Å². The number of ether oxygens (including phenoxy) is 1. The number of nitrogens with one attached hydrogen (secondary N) is 1. The van der Waals surface area contributed by atoms with E-state index in [1.54, 1.807) is 13.1 Å². The van der Waals surface area contributed by atoms with E-state index in [1.165, 1.54) is 0 Å². The van der Waals surface area contributed by atoms with Crippen LogP contribution < -0.4 is 10.2 Å². The molecular formula is C22H20N2O2. The standard InChI is InChI=1S/C22H20N2O2/c1-17(22(25)24-23-16-18-8-4-2-5-9-18)26-21-14-12-20(13-15-21)19-10-6-3-7-11-19/h2-17H,1H3,(H,24,25)/b23-16-/t17-/m0/s1. The van der Waals surface area contributed by atoms with Gasteiger partial charge in [-0.2, -0.15) is 5.10 Å². The molecule has 3 rings (SSSR count). The SMILES string of the molecule is C[C@H](Oc1ccc(-c2ccccc2)cc1)C(=O)N/N=C\c1ccccc1. The Morgan fingerprint density at radius 2 is 1.46 bits per heavy atom. The Balaban J connectivity index is 1.54. The van der Waals surface area contributed by atoms with Crippen LogP contribution in [0.5, 0.6) is 5.75 Å². The summed E-state index contributed by atoms with van der Waals surface area (Å²) in [4.78, 5) is 12.1. The number of hydrogen-bond donors (Lipinski definition) is 1. The fraction of sp³-hybridized carbons (Fsp3) is 0.0909. The molecule has 1 atom stereocenters. The summed E-state index contributed by atoms with van der Waals surface area (Å²) in [6.45, 7) is 1.69. The summed E-state index contributed by atoms with van der Waals surface area (Å²) in [5.74, 6) is 0.337. The van der Waals surface area contributed by atoms with E-state index in [1.807, 2.05) is 72.8 Å².